The van der Waals surface area contributed by atoms with E-state index in [0.717, 1.165) is 0 Å². The van der Waals surface area contributed by atoms with E-state index < -0.39 is 21.1 Å². The maximum absolute atomic E-state index is 12.5. The second-order valence-corrected chi connectivity index (χ2v) is 3.62. The molecule has 0 aromatic carbocycles. The SMILES string of the molecule is FC1=C(F)C(Cl)(Cl)C1(F)Cl. The molecule has 58 valence electrons. The average molecular weight is 211 g/mol. The average Bonchev–Trinajstić information content (AvgIpc) is 1.84. The third-order valence-electron chi connectivity index (χ3n) is 1.14. The third kappa shape index (κ3) is 0.713. The Morgan fingerprint density at radius 3 is 1.50 bits per heavy atom. The molecule has 0 bridgehead atoms. The van der Waals surface area contributed by atoms with Gasteiger partial charge in [-0.05, 0) is 0 Å². The van der Waals surface area contributed by atoms with Crippen LogP contribution in [0.3, 0.4) is 0 Å². The largest absolute Gasteiger partial charge is 0.276 e. The summed E-state index contributed by atoms with van der Waals surface area (Å²) in [6.07, 6.45) is 0. The highest BCUT2D eigenvalue weighted by atomic mass is 35.5. The zero-order valence-electron chi connectivity index (χ0n) is 4.27. The predicted octanol–water partition coefficient (Wildman–Crippen LogP) is 3.23. The van der Waals surface area contributed by atoms with Crippen LogP contribution in [0.5, 0.6) is 0 Å². The molecule has 10 heavy (non-hydrogen) atoms. The lowest BCUT2D eigenvalue weighted by Gasteiger charge is -2.36. The lowest BCUT2D eigenvalue weighted by atomic mass is 10.0. The van der Waals surface area contributed by atoms with Crippen molar-refractivity contribution in [1.82, 2.24) is 0 Å². The van der Waals surface area contributed by atoms with Gasteiger partial charge >= 0.3 is 0 Å². The van der Waals surface area contributed by atoms with Crippen LogP contribution in [0.15, 0.2) is 11.7 Å². The number of hydrogen-bond donors (Lipinski definition) is 0. The summed E-state index contributed by atoms with van der Waals surface area (Å²) in [4.78, 5) is 0. The molecule has 0 fully saturated rings. The van der Waals surface area contributed by atoms with Gasteiger partial charge in [-0.1, -0.05) is 34.8 Å². The Morgan fingerprint density at radius 2 is 1.40 bits per heavy atom. The van der Waals surface area contributed by atoms with E-state index in [1.165, 1.54) is 0 Å². The topological polar surface area (TPSA) is 0 Å². The molecule has 0 saturated carbocycles. The summed E-state index contributed by atoms with van der Waals surface area (Å²) in [6, 6.07) is 0. The van der Waals surface area contributed by atoms with Crippen LogP contribution < -0.4 is 0 Å². The van der Waals surface area contributed by atoms with E-state index in [1.54, 1.807) is 0 Å². The van der Waals surface area contributed by atoms with Crippen molar-refractivity contribution in [2.24, 2.45) is 0 Å². The molecule has 1 unspecified atom stereocenters. The number of allylic oxidation sites excluding steroid dienone is 2. The first-order valence-corrected chi connectivity index (χ1v) is 3.27. The smallest absolute Gasteiger partial charge is 0.214 e. The highest BCUT2D eigenvalue weighted by Crippen LogP contribution is 2.60. The standard InChI is InChI=1S/C4Cl3F3/c5-3(6)1(8)2(9)4(3,7)10. The van der Waals surface area contributed by atoms with Crippen LogP contribution in [-0.4, -0.2) is 9.46 Å². The summed E-state index contributed by atoms with van der Waals surface area (Å²) in [5.41, 5.74) is 0. The molecule has 1 aliphatic rings. The van der Waals surface area contributed by atoms with E-state index in [1.807, 2.05) is 0 Å². The minimum atomic E-state index is -3.11. The lowest BCUT2D eigenvalue weighted by molar-refractivity contribution is 0.187. The van der Waals surface area contributed by atoms with Crippen molar-refractivity contribution in [3.63, 3.8) is 0 Å². The van der Waals surface area contributed by atoms with Gasteiger partial charge in [-0.25, -0.2) is 13.2 Å². The zero-order chi connectivity index (χ0) is 8.15. The van der Waals surface area contributed by atoms with Gasteiger partial charge in [0.1, 0.15) is 0 Å². The second kappa shape index (κ2) is 1.96. The highest BCUT2D eigenvalue weighted by Gasteiger charge is 2.67. The molecule has 0 N–H and O–H groups in total. The van der Waals surface area contributed by atoms with Gasteiger partial charge in [-0.15, -0.1) is 0 Å². The molecule has 0 radical (unpaired) electrons. The van der Waals surface area contributed by atoms with Crippen molar-refractivity contribution in [2.75, 3.05) is 0 Å². The summed E-state index contributed by atoms with van der Waals surface area (Å²) in [6.45, 7) is 0. The molecular weight excluding hydrogens is 211 g/mol. The number of hydrogen-bond acceptors (Lipinski definition) is 0. The molecule has 1 aliphatic carbocycles. The summed E-state index contributed by atoms with van der Waals surface area (Å²) in [5, 5.41) is -3.11. The Hall–Kier alpha value is 0.400. The number of alkyl halides is 4. The van der Waals surface area contributed by atoms with Gasteiger partial charge in [0.05, 0.1) is 0 Å². The minimum Gasteiger partial charge on any atom is -0.214 e. The van der Waals surface area contributed by atoms with Gasteiger partial charge in [0.25, 0.3) is 5.13 Å². The van der Waals surface area contributed by atoms with Crippen molar-refractivity contribution in [2.45, 2.75) is 9.46 Å². The molecule has 0 nitrogen and oxygen atoms in total. The Kier molecular flexibility index (Phi) is 1.66. The Balaban J connectivity index is 3.10. The first kappa shape index (κ1) is 8.50. The molecule has 0 saturated heterocycles. The highest BCUT2D eigenvalue weighted by molar-refractivity contribution is 6.57. The fraction of sp³-hybridized carbons (Fsp3) is 0.500. The van der Waals surface area contributed by atoms with Crippen molar-refractivity contribution in [1.29, 1.82) is 0 Å². The molecule has 0 spiro atoms. The minimum absolute atomic E-state index is 1.56. The predicted molar refractivity (Wildman–Crippen MR) is 33.4 cm³/mol. The molecule has 1 rings (SSSR count). The number of halogens is 6. The van der Waals surface area contributed by atoms with E-state index in [2.05, 4.69) is 0 Å². The Labute approximate surface area is 69.5 Å². The van der Waals surface area contributed by atoms with Gasteiger partial charge in [-0.2, -0.15) is 0 Å². The van der Waals surface area contributed by atoms with Crippen LogP contribution in [0.4, 0.5) is 13.2 Å². The molecule has 0 aliphatic heterocycles. The van der Waals surface area contributed by atoms with Gasteiger partial charge in [0, 0.05) is 0 Å². The summed E-state index contributed by atoms with van der Waals surface area (Å²) in [7, 11) is 0. The van der Waals surface area contributed by atoms with E-state index in [-0.39, 0.29) is 0 Å². The van der Waals surface area contributed by atoms with Gasteiger partial charge in [-0.3, -0.25) is 0 Å². The molecule has 0 heterocycles. The van der Waals surface area contributed by atoms with Gasteiger partial charge < -0.3 is 0 Å². The van der Waals surface area contributed by atoms with Crippen LogP contribution in [0.25, 0.3) is 0 Å². The summed E-state index contributed by atoms with van der Waals surface area (Å²) >= 11 is 14.6. The van der Waals surface area contributed by atoms with Crippen LogP contribution >= 0.6 is 34.8 Å². The first-order valence-electron chi connectivity index (χ1n) is 2.13. The maximum Gasteiger partial charge on any atom is 0.276 e. The quantitative estimate of drug-likeness (QED) is 0.540. The fourth-order valence-corrected chi connectivity index (χ4v) is 0.987. The van der Waals surface area contributed by atoms with Crippen molar-refractivity contribution < 1.29 is 13.2 Å². The number of rotatable bonds is 0. The summed E-state index contributed by atoms with van der Waals surface area (Å²) < 4.78 is 34.0. The monoisotopic (exact) mass is 210 g/mol. The Morgan fingerprint density at radius 1 is 1.00 bits per heavy atom. The van der Waals surface area contributed by atoms with Crippen molar-refractivity contribution >= 4 is 34.8 Å². The zero-order valence-corrected chi connectivity index (χ0v) is 6.54. The van der Waals surface area contributed by atoms with Gasteiger partial charge in [0.2, 0.25) is 4.33 Å². The Bertz CT molecular complexity index is 186. The van der Waals surface area contributed by atoms with Crippen LogP contribution in [-0.2, 0) is 0 Å². The van der Waals surface area contributed by atoms with E-state index >= 15 is 0 Å². The molecule has 0 amide bonds. The van der Waals surface area contributed by atoms with Gasteiger partial charge in [0.15, 0.2) is 11.7 Å². The van der Waals surface area contributed by atoms with Crippen molar-refractivity contribution in [3.8, 4) is 0 Å². The van der Waals surface area contributed by atoms with Crippen LogP contribution in [0, 0.1) is 0 Å². The fourth-order valence-electron chi connectivity index (χ4n) is 0.489. The molecule has 0 aromatic rings. The summed E-state index contributed by atoms with van der Waals surface area (Å²) in [5.74, 6) is -3.31. The normalized spacial score (nSPS) is 37.8. The maximum atomic E-state index is 12.5. The molecule has 0 aromatic heterocycles. The van der Waals surface area contributed by atoms with Crippen LogP contribution in [0.1, 0.15) is 0 Å². The first-order chi connectivity index (χ1) is 4.32. The van der Waals surface area contributed by atoms with E-state index in [9.17, 15) is 13.2 Å². The van der Waals surface area contributed by atoms with E-state index in [0.29, 0.717) is 0 Å². The molecule has 1 atom stereocenters. The third-order valence-corrected chi connectivity index (χ3v) is 2.63. The van der Waals surface area contributed by atoms with Crippen molar-refractivity contribution in [3.05, 3.63) is 11.7 Å². The molecule has 6 heteroatoms. The van der Waals surface area contributed by atoms with E-state index in [4.69, 9.17) is 34.8 Å². The lowest BCUT2D eigenvalue weighted by Crippen LogP contribution is -2.48. The second-order valence-electron chi connectivity index (χ2n) is 1.78. The van der Waals surface area contributed by atoms with Crippen LogP contribution in [0.2, 0.25) is 0 Å². The molecular formula is C4Cl3F3.